The average Bonchev–Trinajstić information content (AvgIpc) is 2.70. The zero-order chi connectivity index (χ0) is 16.2. The normalized spacial score (nSPS) is 10.5. The maximum Gasteiger partial charge on any atom is 0.116 e. The summed E-state index contributed by atoms with van der Waals surface area (Å²) in [6.07, 6.45) is 3.31. The molecule has 0 unspecified atom stereocenters. The fourth-order valence-corrected chi connectivity index (χ4v) is 2.50. The van der Waals surface area contributed by atoms with E-state index < -0.39 is 0 Å². The third kappa shape index (κ3) is 2.90. The highest BCUT2D eigenvalue weighted by molar-refractivity contribution is 5.66. The largest absolute Gasteiger partial charge is 0.255 e. The highest BCUT2D eigenvalue weighted by Crippen LogP contribution is 2.23. The Bertz CT molecular complexity index is 872. The Labute approximate surface area is 139 Å². The first-order valence-corrected chi connectivity index (χ1v) is 7.66. The van der Waals surface area contributed by atoms with E-state index in [2.05, 4.69) is 15.0 Å². The Morgan fingerprint density at radius 2 is 1.21 bits per heavy atom. The molecule has 0 saturated carbocycles. The van der Waals surface area contributed by atoms with Crippen LogP contribution >= 0.6 is 0 Å². The van der Waals surface area contributed by atoms with E-state index in [4.69, 9.17) is 4.98 Å². The van der Waals surface area contributed by atoms with Crippen LogP contribution in [0.5, 0.6) is 0 Å². The van der Waals surface area contributed by atoms with E-state index in [1.807, 2.05) is 72.8 Å². The summed E-state index contributed by atoms with van der Waals surface area (Å²) in [7, 11) is 0. The minimum absolute atomic E-state index is 0.781. The van der Waals surface area contributed by atoms with Crippen LogP contribution in [0.3, 0.4) is 0 Å². The van der Waals surface area contributed by atoms with Crippen LogP contribution in [-0.2, 0) is 0 Å². The number of rotatable bonds is 3. The SMILES string of the molecule is c1ccc(-c2cccc(-c3cc(-c4ccccn4)ncn3)n2)cc1. The van der Waals surface area contributed by atoms with Crippen LogP contribution in [0.25, 0.3) is 34.0 Å². The molecule has 4 rings (SSSR count). The summed E-state index contributed by atoms with van der Waals surface area (Å²) >= 11 is 0. The number of nitrogens with zero attached hydrogens (tertiary/aromatic N) is 4. The average molecular weight is 310 g/mol. The van der Waals surface area contributed by atoms with Crippen molar-refractivity contribution in [3.8, 4) is 34.0 Å². The molecule has 24 heavy (non-hydrogen) atoms. The smallest absolute Gasteiger partial charge is 0.116 e. The second-order valence-corrected chi connectivity index (χ2v) is 5.28. The van der Waals surface area contributed by atoms with Gasteiger partial charge in [-0.2, -0.15) is 0 Å². The fourth-order valence-electron chi connectivity index (χ4n) is 2.50. The predicted octanol–water partition coefficient (Wildman–Crippen LogP) is 4.27. The Kier molecular flexibility index (Phi) is 3.78. The molecule has 4 nitrogen and oxygen atoms in total. The van der Waals surface area contributed by atoms with Gasteiger partial charge in [-0.15, -0.1) is 0 Å². The van der Waals surface area contributed by atoms with Crippen molar-refractivity contribution in [2.45, 2.75) is 0 Å². The monoisotopic (exact) mass is 310 g/mol. The molecule has 114 valence electrons. The summed E-state index contributed by atoms with van der Waals surface area (Å²) in [4.78, 5) is 17.8. The van der Waals surface area contributed by atoms with Crippen molar-refractivity contribution < 1.29 is 0 Å². The van der Waals surface area contributed by atoms with Crippen molar-refractivity contribution in [2.75, 3.05) is 0 Å². The molecule has 0 aliphatic carbocycles. The quantitative estimate of drug-likeness (QED) is 0.567. The third-order valence-electron chi connectivity index (χ3n) is 3.68. The molecule has 3 aromatic heterocycles. The van der Waals surface area contributed by atoms with Gasteiger partial charge in [0, 0.05) is 11.8 Å². The second kappa shape index (κ2) is 6.38. The van der Waals surface area contributed by atoms with Crippen molar-refractivity contribution in [1.82, 2.24) is 19.9 Å². The van der Waals surface area contributed by atoms with Gasteiger partial charge in [-0.3, -0.25) is 4.98 Å². The fraction of sp³-hybridized carbons (Fsp3) is 0. The van der Waals surface area contributed by atoms with Gasteiger partial charge in [0.15, 0.2) is 0 Å². The van der Waals surface area contributed by atoms with Gasteiger partial charge in [0.1, 0.15) is 6.33 Å². The van der Waals surface area contributed by atoms with Crippen molar-refractivity contribution in [2.24, 2.45) is 0 Å². The maximum absolute atomic E-state index is 4.74. The minimum atomic E-state index is 0.781. The van der Waals surface area contributed by atoms with E-state index in [-0.39, 0.29) is 0 Å². The van der Waals surface area contributed by atoms with E-state index in [9.17, 15) is 0 Å². The zero-order valence-electron chi connectivity index (χ0n) is 12.9. The second-order valence-electron chi connectivity index (χ2n) is 5.28. The van der Waals surface area contributed by atoms with Crippen LogP contribution in [0.1, 0.15) is 0 Å². The van der Waals surface area contributed by atoms with Gasteiger partial charge in [-0.25, -0.2) is 15.0 Å². The molecule has 0 amide bonds. The molecule has 0 spiro atoms. The van der Waals surface area contributed by atoms with Crippen molar-refractivity contribution in [3.05, 3.63) is 85.3 Å². The van der Waals surface area contributed by atoms with Crippen molar-refractivity contribution >= 4 is 0 Å². The molecule has 0 aliphatic heterocycles. The lowest BCUT2D eigenvalue weighted by atomic mass is 10.1. The van der Waals surface area contributed by atoms with Crippen LogP contribution in [0.4, 0.5) is 0 Å². The molecule has 0 N–H and O–H groups in total. The summed E-state index contributed by atoms with van der Waals surface area (Å²) in [6, 6.07) is 23.7. The van der Waals surface area contributed by atoms with E-state index >= 15 is 0 Å². The molecule has 4 heteroatoms. The van der Waals surface area contributed by atoms with Crippen LogP contribution in [0.2, 0.25) is 0 Å². The van der Waals surface area contributed by atoms with Gasteiger partial charge < -0.3 is 0 Å². The Morgan fingerprint density at radius 1 is 0.500 bits per heavy atom. The molecule has 4 aromatic rings. The summed E-state index contributed by atoms with van der Waals surface area (Å²) in [5.41, 5.74) is 5.21. The summed E-state index contributed by atoms with van der Waals surface area (Å²) in [6.45, 7) is 0. The predicted molar refractivity (Wildman–Crippen MR) is 93.9 cm³/mol. The molecular weight excluding hydrogens is 296 g/mol. The van der Waals surface area contributed by atoms with Crippen LogP contribution in [0, 0.1) is 0 Å². The first-order chi connectivity index (χ1) is 11.9. The van der Waals surface area contributed by atoms with Gasteiger partial charge in [0.05, 0.1) is 28.5 Å². The maximum atomic E-state index is 4.74. The van der Waals surface area contributed by atoms with Crippen LogP contribution in [0.15, 0.2) is 85.3 Å². The van der Waals surface area contributed by atoms with Crippen molar-refractivity contribution in [3.63, 3.8) is 0 Å². The molecule has 0 bridgehead atoms. The Morgan fingerprint density at radius 3 is 2.00 bits per heavy atom. The van der Waals surface area contributed by atoms with Crippen LogP contribution < -0.4 is 0 Å². The number of benzene rings is 1. The summed E-state index contributed by atoms with van der Waals surface area (Å²) < 4.78 is 0. The standard InChI is InChI=1S/C20H14N4/c1-2-7-15(8-3-1)16-10-6-11-18(24-16)20-13-19(22-14-23-20)17-9-4-5-12-21-17/h1-14H. The van der Waals surface area contributed by atoms with E-state index in [1.54, 1.807) is 12.5 Å². The molecule has 0 fully saturated rings. The lowest BCUT2D eigenvalue weighted by Gasteiger charge is -2.06. The van der Waals surface area contributed by atoms with Gasteiger partial charge in [0.2, 0.25) is 0 Å². The van der Waals surface area contributed by atoms with Gasteiger partial charge >= 0.3 is 0 Å². The highest BCUT2D eigenvalue weighted by atomic mass is 14.9. The third-order valence-corrected chi connectivity index (χ3v) is 3.68. The number of hydrogen-bond donors (Lipinski definition) is 0. The molecule has 0 atom stereocenters. The highest BCUT2D eigenvalue weighted by Gasteiger charge is 2.07. The molecule has 0 radical (unpaired) electrons. The minimum Gasteiger partial charge on any atom is -0.255 e. The number of pyridine rings is 2. The summed E-state index contributed by atoms with van der Waals surface area (Å²) in [5.74, 6) is 0. The lowest BCUT2D eigenvalue weighted by molar-refractivity contribution is 1.14. The molecule has 1 aromatic carbocycles. The van der Waals surface area contributed by atoms with Crippen LogP contribution in [-0.4, -0.2) is 19.9 Å². The van der Waals surface area contributed by atoms with E-state index in [0.29, 0.717) is 0 Å². The zero-order valence-corrected chi connectivity index (χ0v) is 12.9. The molecule has 0 saturated heterocycles. The summed E-state index contributed by atoms with van der Waals surface area (Å²) in [5, 5.41) is 0. The Hall–Kier alpha value is -3.40. The number of hydrogen-bond acceptors (Lipinski definition) is 4. The first kappa shape index (κ1) is 14.2. The van der Waals surface area contributed by atoms with Gasteiger partial charge in [-0.1, -0.05) is 42.5 Å². The van der Waals surface area contributed by atoms with Gasteiger partial charge in [0.25, 0.3) is 0 Å². The molecular formula is C20H14N4. The lowest BCUT2D eigenvalue weighted by Crippen LogP contribution is -1.93. The molecule has 0 aliphatic rings. The van der Waals surface area contributed by atoms with Gasteiger partial charge in [-0.05, 0) is 30.3 Å². The Balaban J connectivity index is 1.75. The van der Waals surface area contributed by atoms with Crippen molar-refractivity contribution in [1.29, 1.82) is 0 Å². The molecule has 3 heterocycles. The number of aromatic nitrogens is 4. The van der Waals surface area contributed by atoms with E-state index in [0.717, 1.165) is 34.0 Å². The first-order valence-electron chi connectivity index (χ1n) is 7.66. The van der Waals surface area contributed by atoms with E-state index in [1.165, 1.54) is 0 Å². The topological polar surface area (TPSA) is 51.6 Å².